The van der Waals surface area contributed by atoms with Gasteiger partial charge in [0.15, 0.2) is 0 Å². The van der Waals surface area contributed by atoms with Gasteiger partial charge in [0.05, 0.1) is 10.0 Å². The Hall–Kier alpha value is -2.01. The fraction of sp³-hybridized carbons (Fsp3) is 0. The highest BCUT2D eigenvalue weighted by molar-refractivity contribution is 6.42. The number of nitrogens with zero attached hydrogens (tertiary/aromatic N) is 2. The summed E-state index contributed by atoms with van der Waals surface area (Å²) in [5, 5.41) is 7.86. The van der Waals surface area contributed by atoms with Crippen LogP contribution < -0.4 is 10.6 Å². The van der Waals surface area contributed by atoms with E-state index in [1.165, 1.54) is 0 Å². The molecule has 0 unspecified atom stereocenters. The highest BCUT2D eigenvalue weighted by Gasteiger charge is 2.03. The lowest BCUT2D eigenvalue weighted by atomic mass is 10.3. The maximum absolute atomic E-state index is 6.00. The van der Waals surface area contributed by atoms with Gasteiger partial charge >= 0.3 is 0 Å². The van der Waals surface area contributed by atoms with E-state index >= 15 is 0 Å². The molecule has 1 aromatic heterocycles. The first-order valence-electron chi connectivity index (χ1n) is 6.68. The summed E-state index contributed by atoms with van der Waals surface area (Å²) in [7, 11) is 0. The molecule has 0 aliphatic carbocycles. The number of nitrogens with one attached hydrogen (secondary N) is 2. The Bertz CT molecular complexity index is 839. The van der Waals surface area contributed by atoms with Crippen LogP contribution in [-0.4, -0.2) is 9.97 Å². The van der Waals surface area contributed by atoms with Crippen molar-refractivity contribution >= 4 is 57.9 Å². The van der Waals surface area contributed by atoms with Gasteiger partial charge in [0.25, 0.3) is 0 Å². The zero-order valence-corrected chi connectivity index (χ0v) is 14.0. The van der Waals surface area contributed by atoms with Crippen molar-refractivity contribution in [2.24, 2.45) is 0 Å². The predicted molar refractivity (Wildman–Crippen MR) is 96.5 cm³/mol. The highest BCUT2D eigenvalue weighted by Crippen LogP contribution is 2.26. The number of benzene rings is 2. The van der Waals surface area contributed by atoms with E-state index in [0.717, 1.165) is 11.4 Å². The average molecular weight is 366 g/mol. The number of anilines is 4. The molecule has 2 N–H and O–H groups in total. The van der Waals surface area contributed by atoms with Crippen LogP contribution >= 0.6 is 34.8 Å². The Labute approximate surface area is 148 Å². The first-order valence-corrected chi connectivity index (χ1v) is 7.81. The second-order valence-electron chi connectivity index (χ2n) is 4.65. The van der Waals surface area contributed by atoms with E-state index in [1.807, 2.05) is 24.3 Å². The molecule has 3 aromatic rings. The first-order chi connectivity index (χ1) is 11.1. The largest absolute Gasteiger partial charge is 0.340 e. The lowest BCUT2D eigenvalue weighted by Crippen LogP contribution is -2.00. The number of hydrogen-bond acceptors (Lipinski definition) is 4. The minimum Gasteiger partial charge on any atom is -0.340 e. The van der Waals surface area contributed by atoms with Gasteiger partial charge in [-0.15, -0.1) is 0 Å². The molecule has 0 saturated carbocycles. The zero-order chi connectivity index (χ0) is 16.2. The SMILES string of the molecule is Clc1cccc(Nc2ccnc(Nc3ccc(Cl)c(Cl)c3)n2)c1. The topological polar surface area (TPSA) is 49.8 Å². The lowest BCUT2D eigenvalue weighted by molar-refractivity contribution is 1.17. The molecule has 1 heterocycles. The number of rotatable bonds is 4. The monoisotopic (exact) mass is 364 g/mol. The van der Waals surface area contributed by atoms with Crippen molar-refractivity contribution in [3.05, 3.63) is 69.8 Å². The van der Waals surface area contributed by atoms with Crippen molar-refractivity contribution in [1.29, 1.82) is 0 Å². The minimum absolute atomic E-state index is 0.440. The molecule has 0 spiro atoms. The Kier molecular flexibility index (Phi) is 4.86. The van der Waals surface area contributed by atoms with Gasteiger partial charge in [-0.1, -0.05) is 40.9 Å². The van der Waals surface area contributed by atoms with Crippen LogP contribution in [0, 0.1) is 0 Å². The van der Waals surface area contributed by atoms with E-state index in [-0.39, 0.29) is 0 Å². The molecular formula is C16H11Cl3N4. The van der Waals surface area contributed by atoms with E-state index < -0.39 is 0 Å². The van der Waals surface area contributed by atoms with E-state index in [4.69, 9.17) is 34.8 Å². The standard InChI is InChI=1S/C16H11Cl3N4/c17-10-2-1-3-11(8-10)21-15-6-7-20-16(23-15)22-12-4-5-13(18)14(19)9-12/h1-9H,(H2,20,21,22,23). The van der Waals surface area contributed by atoms with Gasteiger partial charge in [-0.3, -0.25) is 0 Å². The summed E-state index contributed by atoms with van der Waals surface area (Å²) in [6.07, 6.45) is 1.65. The molecule has 4 nitrogen and oxygen atoms in total. The molecule has 7 heteroatoms. The summed E-state index contributed by atoms with van der Waals surface area (Å²) in [5.74, 6) is 1.08. The van der Waals surface area contributed by atoms with Crippen molar-refractivity contribution < 1.29 is 0 Å². The third kappa shape index (κ3) is 4.26. The number of halogens is 3. The zero-order valence-electron chi connectivity index (χ0n) is 11.7. The molecule has 0 atom stereocenters. The Morgan fingerprint density at radius 2 is 1.61 bits per heavy atom. The molecule has 0 aliphatic rings. The summed E-state index contributed by atoms with van der Waals surface area (Å²) in [4.78, 5) is 8.57. The van der Waals surface area contributed by atoms with E-state index in [0.29, 0.717) is 26.8 Å². The highest BCUT2D eigenvalue weighted by atomic mass is 35.5. The fourth-order valence-corrected chi connectivity index (χ4v) is 2.39. The van der Waals surface area contributed by atoms with Crippen LogP contribution in [0.2, 0.25) is 15.1 Å². The van der Waals surface area contributed by atoms with Crippen molar-refractivity contribution in [2.75, 3.05) is 10.6 Å². The number of hydrogen-bond donors (Lipinski definition) is 2. The molecular weight excluding hydrogens is 355 g/mol. The van der Waals surface area contributed by atoms with E-state index in [1.54, 1.807) is 30.5 Å². The average Bonchev–Trinajstić information content (AvgIpc) is 2.51. The van der Waals surface area contributed by atoms with Gasteiger partial charge in [0.2, 0.25) is 5.95 Å². The van der Waals surface area contributed by atoms with Crippen molar-refractivity contribution in [3.63, 3.8) is 0 Å². The maximum Gasteiger partial charge on any atom is 0.229 e. The third-order valence-electron chi connectivity index (χ3n) is 2.93. The van der Waals surface area contributed by atoms with Crippen molar-refractivity contribution in [3.8, 4) is 0 Å². The van der Waals surface area contributed by atoms with Gasteiger partial charge in [0, 0.05) is 22.6 Å². The molecule has 0 radical (unpaired) electrons. The van der Waals surface area contributed by atoms with Crippen LogP contribution in [0.5, 0.6) is 0 Å². The quantitative estimate of drug-likeness (QED) is 0.602. The van der Waals surface area contributed by atoms with E-state index in [2.05, 4.69) is 20.6 Å². The fourth-order valence-electron chi connectivity index (χ4n) is 1.91. The Morgan fingerprint density at radius 1 is 0.783 bits per heavy atom. The molecule has 0 saturated heterocycles. The smallest absolute Gasteiger partial charge is 0.229 e. The van der Waals surface area contributed by atoms with E-state index in [9.17, 15) is 0 Å². The molecule has 0 bridgehead atoms. The van der Waals surface area contributed by atoms with Crippen LogP contribution in [0.1, 0.15) is 0 Å². The molecule has 23 heavy (non-hydrogen) atoms. The van der Waals surface area contributed by atoms with Crippen molar-refractivity contribution in [1.82, 2.24) is 9.97 Å². The summed E-state index contributed by atoms with van der Waals surface area (Å²) in [5.41, 5.74) is 1.59. The van der Waals surface area contributed by atoms with Crippen LogP contribution in [-0.2, 0) is 0 Å². The predicted octanol–water partition coefficient (Wildman–Crippen LogP) is 5.92. The maximum atomic E-state index is 6.00. The minimum atomic E-state index is 0.440. The van der Waals surface area contributed by atoms with Crippen LogP contribution in [0.3, 0.4) is 0 Å². The second-order valence-corrected chi connectivity index (χ2v) is 5.91. The lowest BCUT2D eigenvalue weighted by Gasteiger charge is -2.09. The van der Waals surface area contributed by atoms with Crippen LogP contribution in [0.4, 0.5) is 23.1 Å². The van der Waals surface area contributed by atoms with Crippen LogP contribution in [0.15, 0.2) is 54.7 Å². The molecule has 0 amide bonds. The van der Waals surface area contributed by atoms with Gasteiger partial charge in [-0.05, 0) is 42.5 Å². The second kappa shape index (κ2) is 7.04. The van der Waals surface area contributed by atoms with Gasteiger partial charge < -0.3 is 10.6 Å². The van der Waals surface area contributed by atoms with Gasteiger partial charge in [0.1, 0.15) is 5.82 Å². The van der Waals surface area contributed by atoms with Crippen molar-refractivity contribution in [2.45, 2.75) is 0 Å². The van der Waals surface area contributed by atoms with Gasteiger partial charge in [-0.2, -0.15) is 4.98 Å². The molecule has 0 aliphatic heterocycles. The molecule has 0 fully saturated rings. The summed E-state index contributed by atoms with van der Waals surface area (Å²) in [6, 6.07) is 14.4. The summed E-state index contributed by atoms with van der Waals surface area (Å²) < 4.78 is 0. The van der Waals surface area contributed by atoms with Crippen LogP contribution in [0.25, 0.3) is 0 Å². The molecule has 116 valence electrons. The molecule has 2 aromatic carbocycles. The summed E-state index contributed by atoms with van der Waals surface area (Å²) >= 11 is 17.9. The Balaban J connectivity index is 1.78. The number of aromatic nitrogens is 2. The summed E-state index contributed by atoms with van der Waals surface area (Å²) in [6.45, 7) is 0. The molecule has 3 rings (SSSR count). The normalized spacial score (nSPS) is 10.4. The van der Waals surface area contributed by atoms with Gasteiger partial charge in [-0.25, -0.2) is 4.98 Å². The first kappa shape index (κ1) is 15.9. The Morgan fingerprint density at radius 3 is 2.39 bits per heavy atom. The third-order valence-corrected chi connectivity index (χ3v) is 3.90.